The van der Waals surface area contributed by atoms with E-state index >= 15 is 0 Å². The van der Waals surface area contributed by atoms with Gasteiger partial charge in [-0.05, 0) is 50.5 Å². The highest BCUT2D eigenvalue weighted by Gasteiger charge is 2.58. The molecule has 3 aliphatic rings. The standard InChI is InChI=1S/C19H27N3O3/c1-21-15-3-9-22(11-14(15)20-16(21)12-23)10-8-18-4-6-19(13-18,7-5-18)17(24)25-2/h12H,3-11,13H2,1-2H3. The molecule has 6 nitrogen and oxygen atoms in total. The van der Waals surface area contributed by atoms with E-state index in [4.69, 9.17) is 4.74 Å². The molecule has 2 aliphatic carbocycles. The molecule has 6 heteroatoms. The summed E-state index contributed by atoms with van der Waals surface area (Å²) in [5.74, 6) is 0.532. The van der Waals surface area contributed by atoms with E-state index in [1.54, 1.807) is 0 Å². The molecule has 136 valence electrons. The van der Waals surface area contributed by atoms with Gasteiger partial charge in [-0.15, -0.1) is 0 Å². The number of hydrogen-bond donors (Lipinski definition) is 0. The summed E-state index contributed by atoms with van der Waals surface area (Å²) in [5.41, 5.74) is 2.38. The van der Waals surface area contributed by atoms with Gasteiger partial charge in [0.1, 0.15) is 0 Å². The quantitative estimate of drug-likeness (QED) is 0.604. The van der Waals surface area contributed by atoms with Crippen molar-refractivity contribution in [3.8, 4) is 0 Å². The molecule has 0 radical (unpaired) electrons. The van der Waals surface area contributed by atoms with Gasteiger partial charge in [0.2, 0.25) is 0 Å². The first-order chi connectivity index (χ1) is 12.0. The van der Waals surface area contributed by atoms with E-state index in [1.165, 1.54) is 12.8 Å². The van der Waals surface area contributed by atoms with Crippen LogP contribution < -0.4 is 0 Å². The molecule has 2 fully saturated rings. The number of carbonyl (C=O) groups excluding carboxylic acids is 2. The van der Waals surface area contributed by atoms with Crippen molar-refractivity contribution in [1.29, 1.82) is 0 Å². The van der Waals surface area contributed by atoms with Crippen molar-refractivity contribution in [1.82, 2.24) is 14.5 Å². The van der Waals surface area contributed by atoms with Gasteiger partial charge in [-0.25, -0.2) is 4.98 Å². The Labute approximate surface area is 148 Å². The summed E-state index contributed by atoms with van der Waals surface area (Å²) in [6, 6.07) is 0. The molecule has 4 rings (SSSR count). The summed E-state index contributed by atoms with van der Waals surface area (Å²) >= 11 is 0. The first-order valence-corrected chi connectivity index (χ1v) is 9.31. The summed E-state index contributed by atoms with van der Waals surface area (Å²) in [6.07, 6.45) is 8.23. The minimum absolute atomic E-state index is 0.00404. The van der Waals surface area contributed by atoms with Gasteiger partial charge in [-0.3, -0.25) is 14.5 Å². The summed E-state index contributed by atoms with van der Waals surface area (Å²) in [6.45, 7) is 2.89. The summed E-state index contributed by atoms with van der Waals surface area (Å²) < 4.78 is 7.00. The number of fused-ring (bicyclic) bond motifs is 3. The summed E-state index contributed by atoms with van der Waals surface area (Å²) in [7, 11) is 3.44. The van der Waals surface area contributed by atoms with Crippen molar-refractivity contribution in [3.63, 3.8) is 0 Å². The average Bonchev–Trinajstić information content (AvgIpc) is 3.30. The van der Waals surface area contributed by atoms with Crippen LogP contribution in [0.15, 0.2) is 0 Å². The normalized spacial score (nSPS) is 31.1. The first-order valence-electron chi connectivity index (χ1n) is 9.31. The number of hydrogen-bond acceptors (Lipinski definition) is 5. The van der Waals surface area contributed by atoms with E-state index in [0.29, 0.717) is 11.2 Å². The summed E-state index contributed by atoms with van der Waals surface area (Å²) in [5, 5.41) is 0. The van der Waals surface area contributed by atoms with Gasteiger partial charge >= 0.3 is 5.97 Å². The fraction of sp³-hybridized carbons (Fsp3) is 0.737. The van der Waals surface area contributed by atoms with Gasteiger partial charge in [0.15, 0.2) is 12.1 Å². The van der Waals surface area contributed by atoms with Crippen LogP contribution in [0.1, 0.15) is 60.5 Å². The van der Waals surface area contributed by atoms with Gasteiger partial charge in [-0.1, -0.05) is 0 Å². The van der Waals surface area contributed by atoms with Crippen LogP contribution in [0.2, 0.25) is 0 Å². The molecule has 0 unspecified atom stereocenters. The highest BCUT2D eigenvalue weighted by atomic mass is 16.5. The zero-order chi connectivity index (χ0) is 17.7. The maximum absolute atomic E-state index is 12.2. The van der Waals surface area contributed by atoms with Crippen LogP contribution in [0.3, 0.4) is 0 Å². The van der Waals surface area contributed by atoms with Crippen LogP contribution in [0.5, 0.6) is 0 Å². The number of nitrogens with zero attached hydrogens (tertiary/aromatic N) is 3. The van der Waals surface area contributed by atoms with E-state index in [1.807, 2.05) is 11.6 Å². The number of rotatable bonds is 5. The predicted molar refractivity (Wildman–Crippen MR) is 92.2 cm³/mol. The van der Waals surface area contributed by atoms with Crippen LogP contribution in [0, 0.1) is 10.8 Å². The number of ether oxygens (including phenoxy) is 1. The summed E-state index contributed by atoms with van der Waals surface area (Å²) in [4.78, 5) is 30.2. The Kier molecular flexibility index (Phi) is 3.98. The molecule has 0 spiro atoms. The highest BCUT2D eigenvalue weighted by Crippen LogP contribution is 2.63. The van der Waals surface area contributed by atoms with Gasteiger partial charge < -0.3 is 9.30 Å². The van der Waals surface area contributed by atoms with E-state index in [-0.39, 0.29) is 11.4 Å². The molecule has 0 N–H and O–H groups in total. The molecule has 1 aromatic heterocycles. The van der Waals surface area contributed by atoms with Crippen molar-refractivity contribution in [2.45, 2.75) is 51.5 Å². The Balaban J connectivity index is 1.39. The maximum Gasteiger partial charge on any atom is 0.311 e. The second-order valence-electron chi connectivity index (χ2n) is 8.27. The Morgan fingerprint density at radius 2 is 2.08 bits per heavy atom. The average molecular weight is 345 g/mol. The smallest absolute Gasteiger partial charge is 0.311 e. The molecule has 1 aromatic rings. The minimum Gasteiger partial charge on any atom is -0.469 e. The molecular weight excluding hydrogens is 318 g/mol. The molecule has 2 heterocycles. The van der Waals surface area contributed by atoms with E-state index in [0.717, 1.165) is 76.6 Å². The lowest BCUT2D eigenvalue weighted by atomic mass is 9.80. The third-order valence-corrected chi connectivity index (χ3v) is 7.03. The number of aromatic nitrogens is 2. The van der Waals surface area contributed by atoms with Gasteiger partial charge in [0.25, 0.3) is 0 Å². The van der Waals surface area contributed by atoms with Crippen LogP contribution in [-0.4, -0.2) is 46.9 Å². The second kappa shape index (κ2) is 5.94. The van der Waals surface area contributed by atoms with Crippen molar-refractivity contribution in [3.05, 3.63) is 17.2 Å². The Morgan fingerprint density at radius 1 is 1.32 bits per heavy atom. The second-order valence-corrected chi connectivity index (χ2v) is 8.27. The van der Waals surface area contributed by atoms with E-state index in [9.17, 15) is 9.59 Å². The van der Waals surface area contributed by atoms with Gasteiger partial charge in [0.05, 0.1) is 18.2 Å². The largest absolute Gasteiger partial charge is 0.469 e. The lowest BCUT2D eigenvalue weighted by Gasteiger charge is -2.32. The van der Waals surface area contributed by atoms with Crippen molar-refractivity contribution in [2.75, 3.05) is 20.2 Å². The monoisotopic (exact) mass is 345 g/mol. The lowest BCUT2D eigenvalue weighted by molar-refractivity contribution is -0.152. The lowest BCUT2D eigenvalue weighted by Crippen LogP contribution is -2.34. The molecule has 0 aromatic carbocycles. The van der Waals surface area contributed by atoms with Crippen molar-refractivity contribution in [2.24, 2.45) is 17.9 Å². The van der Waals surface area contributed by atoms with Gasteiger partial charge in [0, 0.05) is 32.3 Å². The predicted octanol–water partition coefficient (Wildman–Crippen LogP) is 2.10. The van der Waals surface area contributed by atoms with Gasteiger partial charge in [-0.2, -0.15) is 0 Å². The van der Waals surface area contributed by atoms with Crippen LogP contribution in [0.4, 0.5) is 0 Å². The highest BCUT2D eigenvalue weighted by molar-refractivity contribution is 5.78. The molecule has 2 bridgehead atoms. The molecule has 0 amide bonds. The Bertz CT molecular complexity index is 701. The van der Waals surface area contributed by atoms with Crippen LogP contribution >= 0.6 is 0 Å². The first kappa shape index (κ1) is 16.8. The zero-order valence-electron chi connectivity index (χ0n) is 15.2. The topological polar surface area (TPSA) is 64.4 Å². The van der Waals surface area contributed by atoms with E-state index < -0.39 is 0 Å². The van der Waals surface area contributed by atoms with Crippen LogP contribution in [0.25, 0.3) is 0 Å². The maximum atomic E-state index is 12.2. The third-order valence-electron chi connectivity index (χ3n) is 7.03. The molecule has 1 aliphatic heterocycles. The fourth-order valence-corrected chi connectivity index (χ4v) is 5.46. The number of methoxy groups -OCH3 is 1. The number of esters is 1. The molecule has 2 saturated carbocycles. The molecule has 25 heavy (non-hydrogen) atoms. The Morgan fingerprint density at radius 3 is 2.76 bits per heavy atom. The number of aldehydes is 1. The number of imidazole rings is 1. The molecular formula is C19H27N3O3. The van der Waals surface area contributed by atoms with Crippen molar-refractivity contribution < 1.29 is 14.3 Å². The molecule has 0 saturated heterocycles. The third kappa shape index (κ3) is 2.62. The van der Waals surface area contributed by atoms with Crippen molar-refractivity contribution >= 4 is 12.3 Å². The van der Waals surface area contributed by atoms with Crippen LogP contribution in [-0.2, 0) is 29.5 Å². The fourth-order valence-electron chi connectivity index (χ4n) is 5.46. The van der Waals surface area contributed by atoms with E-state index in [2.05, 4.69) is 9.88 Å². The SMILES string of the molecule is COC(=O)C12CCC(CCN3CCc4c(nc(C=O)n4C)C3)(CC1)C2. The minimum atomic E-state index is -0.191. The zero-order valence-corrected chi connectivity index (χ0v) is 15.2. The molecule has 0 atom stereocenters. The number of carbonyl (C=O) groups is 2. The Hall–Kier alpha value is -1.69.